The fourth-order valence-corrected chi connectivity index (χ4v) is 2.39. The number of rotatable bonds is 5. The molecule has 124 valence electrons. The van der Waals surface area contributed by atoms with Crippen LogP contribution in [0.25, 0.3) is 0 Å². The van der Waals surface area contributed by atoms with Crippen molar-refractivity contribution in [3.8, 4) is 17.7 Å². The number of carbonyl (C=O) groups excluding carboxylic acids is 1. The maximum absolute atomic E-state index is 12.4. The van der Waals surface area contributed by atoms with Gasteiger partial charge in [-0.3, -0.25) is 14.2 Å². The van der Waals surface area contributed by atoms with Gasteiger partial charge in [0.1, 0.15) is 17.4 Å². The van der Waals surface area contributed by atoms with E-state index in [1.54, 1.807) is 18.2 Å². The van der Waals surface area contributed by atoms with Crippen molar-refractivity contribution in [1.82, 2.24) is 4.57 Å². The number of nitriles is 1. The number of nitrogens with zero attached hydrogens (tertiary/aromatic N) is 2. The molecule has 6 heteroatoms. The van der Waals surface area contributed by atoms with Crippen LogP contribution in [0.15, 0.2) is 29.1 Å². The number of ketones is 1. The Kier molecular flexibility index (Phi) is 5.05. The minimum atomic E-state index is -0.639. The van der Waals surface area contributed by atoms with Gasteiger partial charge in [0.15, 0.2) is 6.61 Å². The molecule has 0 unspecified atom stereocenters. The highest BCUT2D eigenvalue weighted by atomic mass is 16.5. The van der Waals surface area contributed by atoms with Crippen LogP contribution in [0.5, 0.6) is 11.6 Å². The second kappa shape index (κ2) is 7.01. The van der Waals surface area contributed by atoms with Gasteiger partial charge in [0, 0.05) is 7.05 Å². The predicted molar refractivity (Wildman–Crippen MR) is 88.4 cm³/mol. The Balaban J connectivity index is 2.28. The molecular weight excluding hydrogens is 308 g/mol. The summed E-state index contributed by atoms with van der Waals surface area (Å²) in [6.07, 6.45) is 0.904. The van der Waals surface area contributed by atoms with Crippen molar-refractivity contribution in [1.29, 1.82) is 5.26 Å². The molecule has 0 aliphatic rings. The minimum absolute atomic E-state index is 0.0705. The summed E-state index contributed by atoms with van der Waals surface area (Å²) >= 11 is 0. The van der Waals surface area contributed by atoms with Crippen LogP contribution < -0.4 is 10.3 Å². The number of aromatic nitrogens is 1. The lowest BCUT2D eigenvalue weighted by Gasteiger charge is -2.13. The average molecular weight is 326 g/mol. The first-order valence-corrected chi connectivity index (χ1v) is 7.48. The molecule has 24 heavy (non-hydrogen) atoms. The van der Waals surface area contributed by atoms with Gasteiger partial charge < -0.3 is 9.84 Å². The molecule has 0 saturated heterocycles. The normalized spacial score (nSPS) is 10.2. The second-order valence-corrected chi connectivity index (χ2v) is 5.38. The number of benzene rings is 1. The van der Waals surface area contributed by atoms with Crippen LogP contribution in [0.2, 0.25) is 0 Å². The van der Waals surface area contributed by atoms with Crippen molar-refractivity contribution < 1.29 is 14.6 Å². The molecule has 2 aromatic rings. The maximum atomic E-state index is 12.4. The predicted octanol–water partition coefficient (Wildman–Crippen LogP) is 2.10. The first-order valence-electron chi connectivity index (χ1n) is 7.48. The number of hydrogen-bond acceptors (Lipinski definition) is 5. The molecule has 0 spiro atoms. The summed E-state index contributed by atoms with van der Waals surface area (Å²) in [5, 5.41) is 19.2. The van der Waals surface area contributed by atoms with E-state index in [4.69, 9.17) is 10.00 Å². The molecule has 6 nitrogen and oxygen atoms in total. The minimum Gasteiger partial charge on any atom is -0.494 e. The van der Waals surface area contributed by atoms with Crippen LogP contribution in [0.4, 0.5) is 0 Å². The number of ether oxygens (including phenoxy) is 1. The number of Topliss-reactive ketones (excluding diaryl/α,β-unsaturated/α-hetero) is 1. The van der Waals surface area contributed by atoms with Gasteiger partial charge in [-0.1, -0.05) is 19.1 Å². The topological polar surface area (TPSA) is 92.3 Å². The lowest BCUT2D eigenvalue weighted by molar-refractivity contribution is 0.0916. The lowest BCUT2D eigenvalue weighted by Crippen LogP contribution is -2.25. The average Bonchev–Trinajstić information content (AvgIpc) is 2.59. The van der Waals surface area contributed by atoms with Gasteiger partial charge in [0.25, 0.3) is 5.56 Å². The van der Waals surface area contributed by atoms with Gasteiger partial charge in [-0.25, -0.2) is 0 Å². The molecule has 1 aromatic heterocycles. The zero-order valence-corrected chi connectivity index (χ0v) is 13.8. The lowest BCUT2D eigenvalue weighted by atomic mass is 10.0. The van der Waals surface area contributed by atoms with Crippen molar-refractivity contribution in [2.45, 2.75) is 20.3 Å². The third-order valence-corrected chi connectivity index (χ3v) is 3.90. The summed E-state index contributed by atoms with van der Waals surface area (Å²) in [6.45, 7) is 3.20. The van der Waals surface area contributed by atoms with E-state index in [1.807, 2.05) is 19.1 Å². The molecule has 0 aliphatic heterocycles. The molecule has 0 bridgehead atoms. The first-order chi connectivity index (χ1) is 11.4. The van der Waals surface area contributed by atoms with E-state index in [9.17, 15) is 14.7 Å². The van der Waals surface area contributed by atoms with Crippen molar-refractivity contribution in [2.24, 2.45) is 7.05 Å². The van der Waals surface area contributed by atoms with E-state index in [0.29, 0.717) is 5.75 Å². The van der Waals surface area contributed by atoms with Gasteiger partial charge in [0.05, 0.1) is 5.56 Å². The van der Waals surface area contributed by atoms with Gasteiger partial charge in [0.2, 0.25) is 11.7 Å². The Morgan fingerprint density at radius 2 is 1.96 bits per heavy atom. The monoisotopic (exact) mass is 326 g/mol. The van der Waals surface area contributed by atoms with E-state index >= 15 is 0 Å². The number of aromatic hydroxyl groups is 1. The summed E-state index contributed by atoms with van der Waals surface area (Å²) in [6, 6.07) is 9.11. The SMILES string of the molecule is CCc1ccc(OCC(=O)c2c(C)c(C#N)c(=O)n(C)c2O)cc1. The molecule has 0 saturated carbocycles. The fourth-order valence-electron chi connectivity index (χ4n) is 2.39. The summed E-state index contributed by atoms with van der Waals surface area (Å²) in [5.74, 6) is -0.439. The first kappa shape index (κ1) is 17.3. The highest BCUT2D eigenvalue weighted by Gasteiger charge is 2.22. The van der Waals surface area contributed by atoms with E-state index in [2.05, 4.69) is 0 Å². The third kappa shape index (κ3) is 3.15. The molecule has 0 radical (unpaired) electrons. The molecule has 2 rings (SSSR count). The Hall–Kier alpha value is -3.07. The summed E-state index contributed by atoms with van der Waals surface area (Å²) < 4.78 is 6.33. The molecule has 0 fully saturated rings. The van der Waals surface area contributed by atoms with Crippen LogP contribution in [-0.4, -0.2) is 22.1 Å². The van der Waals surface area contributed by atoms with Gasteiger partial charge in [-0.05, 0) is 36.6 Å². The molecule has 1 aromatic carbocycles. The van der Waals surface area contributed by atoms with E-state index in [1.165, 1.54) is 14.0 Å². The number of pyridine rings is 1. The Labute approximate surface area is 139 Å². The van der Waals surface area contributed by atoms with Crippen LogP contribution in [0.1, 0.15) is 34.0 Å². The van der Waals surface area contributed by atoms with Gasteiger partial charge in [-0.2, -0.15) is 5.26 Å². The number of hydrogen-bond donors (Lipinski definition) is 1. The zero-order chi connectivity index (χ0) is 17.9. The Morgan fingerprint density at radius 3 is 2.50 bits per heavy atom. The molecule has 1 heterocycles. The Bertz CT molecular complexity index is 874. The molecule has 1 N–H and O–H groups in total. The van der Waals surface area contributed by atoms with Crippen LogP contribution in [0, 0.1) is 18.3 Å². The zero-order valence-electron chi connectivity index (χ0n) is 13.8. The quantitative estimate of drug-likeness (QED) is 0.849. The standard InChI is InChI=1S/C18H18N2O4/c1-4-12-5-7-13(8-6-12)24-10-15(21)16-11(2)14(9-19)17(22)20(3)18(16)23/h5-8,23H,4,10H2,1-3H3. The molecular formula is C18H18N2O4. The number of carbonyl (C=O) groups is 1. The summed E-state index contributed by atoms with van der Waals surface area (Å²) in [4.78, 5) is 24.3. The second-order valence-electron chi connectivity index (χ2n) is 5.38. The summed E-state index contributed by atoms with van der Waals surface area (Å²) in [5.41, 5.74) is 0.441. The van der Waals surface area contributed by atoms with E-state index < -0.39 is 17.2 Å². The van der Waals surface area contributed by atoms with Crippen LogP contribution in [0.3, 0.4) is 0 Å². The van der Waals surface area contributed by atoms with E-state index in [-0.39, 0.29) is 23.3 Å². The van der Waals surface area contributed by atoms with Gasteiger partial charge >= 0.3 is 0 Å². The smallest absolute Gasteiger partial charge is 0.271 e. The van der Waals surface area contributed by atoms with Gasteiger partial charge in [-0.15, -0.1) is 0 Å². The van der Waals surface area contributed by atoms with Crippen molar-refractivity contribution >= 4 is 5.78 Å². The van der Waals surface area contributed by atoms with E-state index in [0.717, 1.165) is 16.6 Å². The van der Waals surface area contributed by atoms with Crippen LogP contribution >= 0.6 is 0 Å². The summed E-state index contributed by atoms with van der Waals surface area (Å²) in [7, 11) is 1.30. The van der Waals surface area contributed by atoms with Crippen molar-refractivity contribution in [3.63, 3.8) is 0 Å². The fraction of sp³-hybridized carbons (Fsp3) is 0.278. The largest absolute Gasteiger partial charge is 0.494 e. The van der Waals surface area contributed by atoms with Crippen molar-refractivity contribution in [3.05, 3.63) is 56.9 Å². The molecule has 0 atom stereocenters. The van der Waals surface area contributed by atoms with Crippen molar-refractivity contribution in [2.75, 3.05) is 6.61 Å². The third-order valence-electron chi connectivity index (χ3n) is 3.90. The molecule has 0 aliphatic carbocycles. The van der Waals surface area contributed by atoms with Crippen LogP contribution in [-0.2, 0) is 13.5 Å². The number of aryl methyl sites for hydroxylation is 1. The highest BCUT2D eigenvalue weighted by molar-refractivity contribution is 6.01. The Morgan fingerprint density at radius 1 is 1.33 bits per heavy atom. The highest BCUT2D eigenvalue weighted by Crippen LogP contribution is 2.22. The molecule has 0 amide bonds. The maximum Gasteiger partial charge on any atom is 0.271 e.